The number of aryl methyl sites for hydroxylation is 2. The summed E-state index contributed by atoms with van der Waals surface area (Å²) in [5.41, 5.74) is 2.24. The molecule has 1 aromatic heterocycles. The number of carbonyl (C=O) groups excluding carboxylic acids is 1. The number of carbonyl (C=O) groups is 1. The van der Waals surface area contributed by atoms with Gasteiger partial charge in [0.1, 0.15) is 5.82 Å². The average Bonchev–Trinajstić information content (AvgIpc) is 3.24. The van der Waals surface area contributed by atoms with Crippen molar-refractivity contribution >= 4 is 40.5 Å². The van der Waals surface area contributed by atoms with Crippen molar-refractivity contribution in [2.75, 3.05) is 11.9 Å². The molecular formula is C26H31Cl2N3O2. The molecule has 1 N–H and O–H groups in total. The Morgan fingerprint density at radius 1 is 1.03 bits per heavy atom. The molecule has 2 aromatic carbocycles. The highest BCUT2D eigenvalue weighted by atomic mass is 35.5. The first kappa shape index (κ1) is 25.1. The zero-order valence-electron chi connectivity index (χ0n) is 19.0. The van der Waals surface area contributed by atoms with Gasteiger partial charge in [-0.15, -0.1) is 0 Å². The Morgan fingerprint density at radius 3 is 2.58 bits per heavy atom. The van der Waals surface area contributed by atoms with Gasteiger partial charge < -0.3 is 14.6 Å². The van der Waals surface area contributed by atoms with Crippen molar-refractivity contribution in [3.05, 3.63) is 76.3 Å². The van der Waals surface area contributed by atoms with Crippen molar-refractivity contribution in [1.29, 1.82) is 0 Å². The molecule has 176 valence electrons. The van der Waals surface area contributed by atoms with Gasteiger partial charge in [0.05, 0.1) is 28.8 Å². The van der Waals surface area contributed by atoms with Crippen molar-refractivity contribution in [3.63, 3.8) is 0 Å². The van der Waals surface area contributed by atoms with Gasteiger partial charge in [0.2, 0.25) is 0 Å². The summed E-state index contributed by atoms with van der Waals surface area (Å²) >= 11 is 12.5. The Hall–Kier alpha value is -2.50. The SMILES string of the molecule is CCCc1nccn1CCCCCCOC(=O)Cc1ccccc1Nc1c(Cl)cccc1Cl. The highest BCUT2D eigenvalue weighted by Crippen LogP contribution is 2.33. The molecular weight excluding hydrogens is 457 g/mol. The average molecular weight is 488 g/mol. The summed E-state index contributed by atoms with van der Waals surface area (Å²) in [7, 11) is 0. The minimum atomic E-state index is -0.239. The molecule has 7 heteroatoms. The van der Waals surface area contributed by atoms with Gasteiger partial charge in [-0.25, -0.2) is 4.98 Å². The van der Waals surface area contributed by atoms with Crippen LogP contribution in [0.4, 0.5) is 11.4 Å². The molecule has 0 saturated heterocycles. The van der Waals surface area contributed by atoms with Gasteiger partial charge in [0.15, 0.2) is 0 Å². The molecule has 1 heterocycles. The number of anilines is 2. The highest BCUT2D eigenvalue weighted by Gasteiger charge is 2.12. The van der Waals surface area contributed by atoms with Crippen molar-refractivity contribution < 1.29 is 9.53 Å². The number of unbranched alkanes of at least 4 members (excludes halogenated alkanes) is 3. The Balaban J connectivity index is 1.38. The zero-order valence-corrected chi connectivity index (χ0v) is 20.5. The third kappa shape index (κ3) is 7.79. The van der Waals surface area contributed by atoms with E-state index in [2.05, 4.69) is 28.0 Å². The summed E-state index contributed by atoms with van der Waals surface area (Å²) < 4.78 is 7.71. The van der Waals surface area contributed by atoms with Crippen molar-refractivity contribution in [2.24, 2.45) is 0 Å². The van der Waals surface area contributed by atoms with Crippen LogP contribution in [0.5, 0.6) is 0 Å². The van der Waals surface area contributed by atoms with Crippen LogP contribution < -0.4 is 5.32 Å². The third-order valence-corrected chi connectivity index (χ3v) is 6.04. The maximum atomic E-state index is 12.4. The Kier molecular flexibility index (Phi) is 10.1. The Labute approximate surface area is 206 Å². The van der Waals surface area contributed by atoms with E-state index in [0.717, 1.165) is 62.1 Å². The second-order valence-electron chi connectivity index (χ2n) is 7.98. The van der Waals surface area contributed by atoms with Crippen LogP contribution in [-0.4, -0.2) is 22.1 Å². The van der Waals surface area contributed by atoms with Crippen LogP contribution in [0.25, 0.3) is 0 Å². The second kappa shape index (κ2) is 13.3. The number of nitrogens with zero attached hydrogens (tertiary/aromatic N) is 2. The fraction of sp³-hybridized carbons (Fsp3) is 0.385. The van der Waals surface area contributed by atoms with Gasteiger partial charge in [0.25, 0.3) is 0 Å². The molecule has 0 fully saturated rings. The van der Waals surface area contributed by atoms with Crippen molar-refractivity contribution in [2.45, 2.75) is 58.4 Å². The summed E-state index contributed by atoms with van der Waals surface area (Å²) in [4.78, 5) is 16.8. The largest absolute Gasteiger partial charge is 0.465 e. The van der Waals surface area contributed by atoms with E-state index >= 15 is 0 Å². The van der Waals surface area contributed by atoms with E-state index in [1.54, 1.807) is 18.2 Å². The summed E-state index contributed by atoms with van der Waals surface area (Å²) in [5.74, 6) is 0.926. The summed E-state index contributed by atoms with van der Waals surface area (Å²) in [6, 6.07) is 12.9. The van der Waals surface area contributed by atoms with E-state index in [-0.39, 0.29) is 12.4 Å². The molecule has 0 bridgehead atoms. The van der Waals surface area contributed by atoms with Crippen LogP contribution in [0.1, 0.15) is 50.4 Å². The molecule has 0 atom stereocenters. The quantitative estimate of drug-likeness (QED) is 0.204. The number of para-hydroxylation sites is 2. The van der Waals surface area contributed by atoms with E-state index in [1.807, 2.05) is 30.5 Å². The lowest BCUT2D eigenvalue weighted by Gasteiger charge is -2.14. The predicted molar refractivity (Wildman–Crippen MR) is 136 cm³/mol. The smallest absolute Gasteiger partial charge is 0.310 e. The van der Waals surface area contributed by atoms with Gasteiger partial charge in [0, 0.05) is 31.0 Å². The number of rotatable bonds is 13. The molecule has 5 nitrogen and oxygen atoms in total. The first-order chi connectivity index (χ1) is 16.1. The molecule has 0 radical (unpaired) electrons. The van der Waals surface area contributed by atoms with Crippen LogP contribution in [-0.2, 0) is 28.9 Å². The lowest BCUT2D eigenvalue weighted by molar-refractivity contribution is -0.142. The maximum Gasteiger partial charge on any atom is 0.310 e. The molecule has 0 amide bonds. The molecule has 3 aromatic rings. The van der Waals surface area contributed by atoms with E-state index in [0.29, 0.717) is 22.3 Å². The summed E-state index contributed by atoms with van der Waals surface area (Å²) in [5, 5.41) is 4.30. The zero-order chi connectivity index (χ0) is 23.5. The fourth-order valence-corrected chi connectivity index (χ4v) is 4.17. The third-order valence-electron chi connectivity index (χ3n) is 5.41. The Morgan fingerprint density at radius 2 is 1.79 bits per heavy atom. The molecule has 0 aliphatic heterocycles. The van der Waals surface area contributed by atoms with E-state index in [1.165, 1.54) is 0 Å². The van der Waals surface area contributed by atoms with Crippen LogP contribution in [0.3, 0.4) is 0 Å². The van der Waals surface area contributed by atoms with E-state index in [9.17, 15) is 4.79 Å². The number of nitrogens with one attached hydrogen (secondary N) is 1. The van der Waals surface area contributed by atoms with Crippen molar-refractivity contribution in [1.82, 2.24) is 9.55 Å². The van der Waals surface area contributed by atoms with Crippen LogP contribution >= 0.6 is 23.2 Å². The highest BCUT2D eigenvalue weighted by molar-refractivity contribution is 6.39. The Bertz CT molecular complexity index is 1020. The van der Waals surface area contributed by atoms with E-state index < -0.39 is 0 Å². The number of ether oxygens (including phenoxy) is 1. The normalized spacial score (nSPS) is 10.9. The van der Waals surface area contributed by atoms with Gasteiger partial charge in [-0.05, 0) is 49.4 Å². The molecule has 0 aliphatic rings. The monoisotopic (exact) mass is 487 g/mol. The lowest BCUT2D eigenvalue weighted by atomic mass is 10.1. The summed E-state index contributed by atoms with van der Waals surface area (Å²) in [6.45, 7) is 3.61. The molecule has 33 heavy (non-hydrogen) atoms. The lowest BCUT2D eigenvalue weighted by Crippen LogP contribution is -2.10. The number of benzene rings is 2. The molecule has 0 spiro atoms. The van der Waals surface area contributed by atoms with Crippen LogP contribution in [0, 0.1) is 0 Å². The fourth-order valence-electron chi connectivity index (χ4n) is 3.67. The first-order valence-electron chi connectivity index (χ1n) is 11.5. The van der Waals surface area contributed by atoms with Crippen LogP contribution in [0.2, 0.25) is 10.0 Å². The van der Waals surface area contributed by atoms with E-state index in [4.69, 9.17) is 27.9 Å². The number of halogens is 2. The molecule has 0 aliphatic carbocycles. The second-order valence-corrected chi connectivity index (χ2v) is 8.79. The number of imidazole rings is 1. The molecule has 0 saturated carbocycles. The maximum absolute atomic E-state index is 12.4. The van der Waals surface area contributed by atoms with Gasteiger partial charge in [-0.2, -0.15) is 0 Å². The molecule has 3 rings (SSSR count). The standard InChI is InChI=1S/C26H31Cl2N3O2/c1-2-10-24-29-15-17-31(24)16-7-3-4-8-18-33-25(32)19-20-11-5-6-14-23(20)30-26-21(27)12-9-13-22(26)28/h5-6,9,11-15,17,30H,2-4,7-8,10,16,18-19H2,1H3. The summed E-state index contributed by atoms with van der Waals surface area (Å²) in [6.07, 6.45) is 10.4. The number of esters is 1. The number of hydrogen-bond acceptors (Lipinski definition) is 4. The topological polar surface area (TPSA) is 56.2 Å². The molecule has 0 unspecified atom stereocenters. The van der Waals surface area contributed by atoms with Gasteiger partial charge in [-0.3, -0.25) is 4.79 Å². The number of aromatic nitrogens is 2. The predicted octanol–water partition coefficient (Wildman–Crippen LogP) is 7.23. The number of hydrogen-bond donors (Lipinski definition) is 1. The van der Waals surface area contributed by atoms with Crippen LogP contribution in [0.15, 0.2) is 54.9 Å². The minimum absolute atomic E-state index is 0.187. The first-order valence-corrected chi connectivity index (χ1v) is 12.3. The van der Waals surface area contributed by atoms with Crippen molar-refractivity contribution in [3.8, 4) is 0 Å². The minimum Gasteiger partial charge on any atom is -0.465 e. The van der Waals surface area contributed by atoms with Gasteiger partial charge in [-0.1, -0.05) is 60.8 Å². The van der Waals surface area contributed by atoms with Gasteiger partial charge >= 0.3 is 5.97 Å².